The van der Waals surface area contributed by atoms with Gasteiger partial charge in [-0.25, -0.2) is 9.18 Å². The number of amides is 1. The van der Waals surface area contributed by atoms with E-state index in [0.29, 0.717) is 16.9 Å². The summed E-state index contributed by atoms with van der Waals surface area (Å²) in [4.78, 5) is 40.7. The molecule has 1 amide bonds. The molecule has 0 aliphatic rings. The largest absolute Gasteiger partial charge is 0.419 e. The lowest BCUT2D eigenvalue weighted by atomic mass is 10.1. The van der Waals surface area contributed by atoms with Gasteiger partial charge in [0.1, 0.15) is 5.82 Å². The van der Waals surface area contributed by atoms with Crippen molar-refractivity contribution in [1.82, 2.24) is 4.73 Å². The highest BCUT2D eigenvalue weighted by Gasteiger charge is 2.34. The minimum atomic E-state index is -4.91. The molecule has 0 aliphatic heterocycles. The van der Waals surface area contributed by atoms with Crippen LogP contribution in [0.1, 0.15) is 18.1 Å². The number of nitrogens with one attached hydrogen (secondary N) is 1. The highest BCUT2D eigenvalue weighted by molar-refractivity contribution is 6.35. The van der Waals surface area contributed by atoms with Gasteiger partial charge >= 0.3 is 12.1 Å². The molecule has 6 nitrogen and oxygen atoms in total. The summed E-state index contributed by atoms with van der Waals surface area (Å²) in [7, 11) is 0. The third kappa shape index (κ3) is 4.85. The molecular formula is C20H13ClF4N2O4. The number of anilines is 1. The molecule has 0 aliphatic carbocycles. The minimum Gasteiger partial charge on any atom is -0.334 e. The number of benzene rings is 2. The van der Waals surface area contributed by atoms with Crippen molar-refractivity contribution in [2.75, 3.05) is 5.32 Å². The Morgan fingerprint density at radius 1 is 1.13 bits per heavy atom. The third-order valence-corrected chi connectivity index (χ3v) is 4.51. The molecule has 0 saturated carbocycles. The predicted molar refractivity (Wildman–Crippen MR) is 104 cm³/mol. The van der Waals surface area contributed by atoms with Crippen molar-refractivity contribution in [2.45, 2.75) is 19.5 Å². The Labute approximate surface area is 176 Å². The Morgan fingerprint density at radius 2 is 1.84 bits per heavy atom. The number of alkyl halides is 3. The van der Waals surface area contributed by atoms with Gasteiger partial charge in [-0.3, -0.25) is 9.59 Å². The number of rotatable bonds is 4. The number of pyridine rings is 1. The fraction of sp³-hybridized carbons (Fsp3) is 0.150. The van der Waals surface area contributed by atoms with E-state index in [-0.39, 0.29) is 27.0 Å². The van der Waals surface area contributed by atoms with Gasteiger partial charge in [0.05, 0.1) is 28.1 Å². The summed E-state index contributed by atoms with van der Waals surface area (Å²) in [5, 5.41) is 2.83. The zero-order chi connectivity index (χ0) is 22.9. The summed E-state index contributed by atoms with van der Waals surface area (Å²) in [5.74, 6) is -2.91. The Morgan fingerprint density at radius 3 is 2.48 bits per heavy atom. The fourth-order valence-electron chi connectivity index (χ4n) is 2.89. The van der Waals surface area contributed by atoms with E-state index in [2.05, 4.69) is 5.32 Å². The van der Waals surface area contributed by atoms with Crippen molar-refractivity contribution in [3.05, 3.63) is 74.9 Å². The average molecular weight is 457 g/mol. The number of carbonyl (C=O) groups excluding carboxylic acids is 2. The molecule has 1 N–H and O–H groups in total. The molecule has 162 valence electrons. The number of nitrogens with zero attached hydrogens (tertiary/aromatic N) is 1. The van der Waals surface area contributed by atoms with Crippen LogP contribution in [0.15, 0.2) is 47.4 Å². The second-order valence-electron chi connectivity index (χ2n) is 6.45. The van der Waals surface area contributed by atoms with E-state index >= 15 is 0 Å². The van der Waals surface area contributed by atoms with Gasteiger partial charge in [0, 0.05) is 18.5 Å². The molecule has 2 aromatic carbocycles. The van der Waals surface area contributed by atoms with E-state index in [1.165, 1.54) is 18.2 Å². The van der Waals surface area contributed by atoms with Crippen LogP contribution in [-0.4, -0.2) is 16.6 Å². The first-order valence-electron chi connectivity index (χ1n) is 8.65. The van der Waals surface area contributed by atoms with Crippen LogP contribution in [0.3, 0.4) is 0 Å². The van der Waals surface area contributed by atoms with Gasteiger partial charge in [-0.15, -0.1) is 4.73 Å². The van der Waals surface area contributed by atoms with Crippen LogP contribution in [0, 0.1) is 5.82 Å². The molecule has 1 heterocycles. The summed E-state index contributed by atoms with van der Waals surface area (Å²) in [6, 6.07) is 6.32. The summed E-state index contributed by atoms with van der Waals surface area (Å²) < 4.78 is 52.7. The van der Waals surface area contributed by atoms with E-state index in [1.807, 2.05) is 0 Å². The molecule has 0 saturated heterocycles. The third-order valence-electron chi connectivity index (χ3n) is 4.19. The molecule has 11 heteroatoms. The van der Waals surface area contributed by atoms with Crippen LogP contribution in [0.5, 0.6) is 0 Å². The number of fused-ring (bicyclic) bond motifs is 1. The Bertz CT molecular complexity index is 1250. The SMILES string of the molecule is CC(=O)On1ccc2c(NC(=O)Cc3ccc(F)c(C(F)(F)F)c3)c(Cl)ccc2c1=O. The van der Waals surface area contributed by atoms with Crippen molar-refractivity contribution in [2.24, 2.45) is 0 Å². The molecule has 1 aromatic heterocycles. The van der Waals surface area contributed by atoms with Gasteiger partial charge in [-0.2, -0.15) is 13.2 Å². The Hall–Kier alpha value is -3.40. The van der Waals surface area contributed by atoms with Gasteiger partial charge in [-0.05, 0) is 35.9 Å². The van der Waals surface area contributed by atoms with E-state index in [4.69, 9.17) is 16.4 Å². The zero-order valence-corrected chi connectivity index (χ0v) is 16.5. The monoisotopic (exact) mass is 456 g/mol. The summed E-state index contributed by atoms with van der Waals surface area (Å²) in [6.45, 7) is 1.11. The van der Waals surface area contributed by atoms with E-state index in [1.54, 1.807) is 0 Å². The molecule has 0 fully saturated rings. The minimum absolute atomic E-state index is 0.0504. The summed E-state index contributed by atoms with van der Waals surface area (Å²) >= 11 is 6.13. The summed E-state index contributed by atoms with van der Waals surface area (Å²) in [5.41, 5.74) is -2.19. The van der Waals surface area contributed by atoms with E-state index in [0.717, 1.165) is 19.2 Å². The van der Waals surface area contributed by atoms with Crippen LogP contribution in [-0.2, 0) is 22.2 Å². The first-order valence-corrected chi connectivity index (χ1v) is 9.03. The van der Waals surface area contributed by atoms with Crippen molar-refractivity contribution >= 4 is 39.9 Å². The van der Waals surface area contributed by atoms with Gasteiger partial charge in [0.25, 0.3) is 5.56 Å². The van der Waals surface area contributed by atoms with Crippen molar-refractivity contribution in [3.8, 4) is 0 Å². The van der Waals surface area contributed by atoms with Crippen molar-refractivity contribution in [3.63, 3.8) is 0 Å². The quantitative estimate of drug-likeness (QED) is 0.603. The van der Waals surface area contributed by atoms with Crippen molar-refractivity contribution in [1.29, 1.82) is 0 Å². The smallest absolute Gasteiger partial charge is 0.334 e. The van der Waals surface area contributed by atoms with Crippen LogP contribution in [0.25, 0.3) is 10.8 Å². The molecule has 3 rings (SSSR count). The maximum atomic E-state index is 13.4. The molecule has 31 heavy (non-hydrogen) atoms. The number of hydrogen-bond donors (Lipinski definition) is 1. The lowest BCUT2D eigenvalue weighted by Gasteiger charge is -2.13. The zero-order valence-electron chi connectivity index (χ0n) is 15.7. The highest BCUT2D eigenvalue weighted by Crippen LogP contribution is 2.33. The van der Waals surface area contributed by atoms with Crippen LogP contribution >= 0.6 is 11.6 Å². The predicted octanol–water partition coefficient (Wildman–Crippen LogP) is 3.97. The number of hydrogen-bond acceptors (Lipinski definition) is 4. The maximum absolute atomic E-state index is 13.4. The summed E-state index contributed by atoms with van der Waals surface area (Å²) in [6.07, 6.45) is -4.24. The van der Waals surface area contributed by atoms with Crippen LogP contribution < -0.4 is 15.7 Å². The first-order chi connectivity index (χ1) is 14.5. The second-order valence-corrected chi connectivity index (χ2v) is 6.86. The van der Waals surface area contributed by atoms with Crippen LogP contribution in [0.4, 0.5) is 23.2 Å². The topological polar surface area (TPSA) is 77.4 Å². The number of aromatic nitrogens is 1. The standard InChI is InChI=1S/C20H13ClF4N2O4/c1-10(28)31-27-7-6-12-13(19(27)30)3-4-15(21)18(12)26-17(29)9-11-2-5-16(22)14(8-11)20(23,24)25/h2-8H,9H2,1H3,(H,26,29). The molecule has 0 spiro atoms. The fourth-order valence-corrected chi connectivity index (χ4v) is 3.10. The average Bonchev–Trinajstić information content (AvgIpc) is 2.66. The maximum Gasteiger partial charge on any atom is 0.419 e. The second kappa shape index (κ2) is 8.38. The van der Waals surface area contributed by atoms with E-state index in [9.17, 15) is 31.9 Å². The molecule has 0 bridgehead atoms. The normalized spacial score (nSPS) is 11.4. The van der Waals surface area contributed by atoms with Gasteiger partial charge in [0.2, 0.25) is 5.91 Å². The molecular weight excluding hydrogens is 444 g/mol. The molecule has 0 unspecified atom stereocenters. The van der Waals surface area contributed by atoms with Crippen molar-refractivity contribution < 1.29 is 32.0 Å². The lowest BCUT2D eigenvalue weighted by Crippen LogP contribution is -2.29. The Balaban J connectivity index is 1.92. The molecule has 0 radical (unpaired) electrons. The molecule has 0 atom stereocenters. The van der Waals surface area contributed by atoms with Gasteiger partial charge in [-0.1, -0.05) is 17.7 Å². The Kier molecular flexibility index (Phi) is 6.03. The van der Waals surface area contributed by atoms with Gasteiger partial charge in [0.15, 0.2) is 0 Å². The number of carbonyl (C=O) groups is 2. The van der Waals surface area contributed by atoms with Gasteiger partial charge < -0.3 is 10.2 Å². The number of halogens is 5. The lowest BCUT2D eigenvalue weighted by molar-refractivity contribution is -0.142. The molecule has 3 aromatic rings. The highest BCUT2D eigenvalue weighted by atomic mass is 35.5. The first kappa shape index (κ1) is 22.3. The van der Waals surface area contributed by atoms with E-state index < -0.39 is 41.4 Å². The van der Waals surface area contributed by atoms with Crippen LogP contribution in [0.2, 0.25) is 5.02 Å².